The third-order valence-electron chi connectivity index (χ3n) is 6.00. The van der Waals surface area contributed by atoms with Gasteiger partial charge in [0.2, 0.25) is 5.75 Å². The first kappa shape index (κ1) is 31.1. The highest BCUT2D eigenvalue weighted by Crippen LogP contribution is 2.39. The molecule has 0 heterocycles. The number of rotatable bonds is 16. The molecule has 1 atom stereocenters. The first-order valence-corrected chi connectivity index (χ1v) is 12.9. The molecule has 220 valence electrons. The number of benzene rings is 3. The predicted octanol–water partition coefficient (Wildman–Crippen LogP) is 3.84. The van der Waals surface area contributed by atoms with Crippen molar-refractivity contribution in [2.45, 2.75) is 6.10 Å². The van der Waals surface area contributed by atoms with Gasteiger partial charge in [-0.2, -0.15) is 0 Å². The molecule has 0 spiro atoms. The summed E-state index contributed by atoms with van der Waals surface area (Å²) in [5, 5.41) is 13.4. The second-order valence-electron chi connectivity index (χ2n) is 8.70. The molecule has 0 radical (unpaired) electrons. The molecule has 3 aromatic carbocycles. The smallest absolute Gasteiger partial charge is 0.338 e. The van der Waals surface area contributed by atoms with Crippen LogP contribution in [0.1, 0.15) is 11.1 Å². The van der Waals surface area contributed by atoms with E-state index in [2.05, 4.69) is 5.32 Å². The van der Waals surface area contributed by atoms with E-state index in [1.807, 2.05) is 24.3 Å². The van der Waals surface area contributed by atoms with E-state index in [1.165, 1.54) is 28.4 Å². The van der Waals surface area contributed by atoms with Gasteiger partial charge in [-0.15, -0.1) is 0 Å². The molecule has 3 aromatic rings. The SMILES string of the molecule is COC(=O)C(=Cc1cc(OC)c(OC)c(OC)c1)c1ccc(OCC(O)CNCCOc2ccccc2OC)cc1. The highest BCUT2D eigenvalue weighted by atomic mass is 16.5. The fraction of sp³-hybridized carbons (Fsp3) is 0.323. The van der Waals surface area contributed by atoms with Crippen molar-refractivity contribution in [2.75, 3.05) is 61.9 Å². The normalized spacial score (nSPS) is 11.8. The van der Waals surface area contributed by atoms with Gasteiger partial charge in [-0.1, -0.05) is 24.3 Å². The van der Waals surface area contributed by atoms with Crippen LogP contribution in [0.25, 0.3) is 11.6 Å². The van der Waals surface area contributed by atoms with Crippen LogP contribution < -0.4 is 33.7 Å². The Hall–Kier alpha value is -4.41. The molecule has 0 saturated heterocycles. The standard InChI is InChI=1S/C31H37NO9/c1-35-26-8-6-7-9-27(26)40-15-14-32-19-23(33)20-41-24-12-10-22(11-13-24)25(31(34)39-5)16-21-17-28(36-2)30(38-4)29(18-21)37-3/h6-13,16-18,23,32-33H,14-15,19-20H2,1-5H3. The molecule has 41 heavy (non-hydrogen) atoms. The number of carbonyl (C=O) groups excluding carboxylic acids is 1. The van der Waals surface area contributed by atoms with E-state index >= 15 is 0 Å². The van der Waals surface area contributed by atoms with E-state index in [-0.39, 0.29) is 6.61 Å². The van der Waals surface area contributed by atoms with Crippen LogP contribution in [0.15, 0.2) is 60.7 Å². The number of esters is 1. The molecule has 2 N–H and O–H groups in total. The lowest BCUT2D eigenvalue weighted by Gasteiger charge is -2.15. The number of aliphatic hydroxyl groups is 1. The van der Waals surface area contributed by atoms with E-state index in [0.717, 1.165) is 0 Å². The molecule has 0 bridgehead atoms. The van der Waals surface area contributed by atoms with Gasteiger partial charge in [0.15, 0.2) is 23.0 Å². The lowest BCUT2D eigenvalue weighted by Crippen LogP contribution is -2.33. The molecule has 0 saturated carbocycles. The summed E-state index contributed by atoms with van der Waals surface area (Å²) >= 11 is 0. The molecular weight excluding hydrogens is 530 g/mol. The number of para-hydroxylation sites is 2. The Morgan fingerprint density at radius 1 is 0.829 bits per heavy atom. The second-order valence-corrected chi connectivity index (χ2v) is 8.70. The molecule has 3 rings (SSSR count). The molecule has 0 aromatic heterocycles. The average Bonchev–Trinajstić information content (AvgIpc) is 3.01. The van der Waals surface area contributed by atoms with Crippen molar-refractivity contribution < 1.29 is 43.1 Å². The zero-order valence-corrected chi connectivity index (χ0v) is 24.0. The summed E-state index contributed by atoms with van der Waals surface area (Å²) in [5.41, 5.74) is 1.60. The minimum absolute atomic E-state index is 0.0881. The number of hydrogen-bond acceptors (Lipinski definition) is 10. The third-order valence-corrected chi connectivity index (χ3v) is 6.00. The summed E-state index contributed by atoms with van der Waals surface area (Å²) in [4.78, 5) is 12.6. The summed E-state index contributed by atoms with van der Waals surface area (Å²) < 4.78 is 37.9. The number of nitrogens with one attached hydrogen (secondary N) is 1. The van der Waals surface area contributed by atoms with E-state index in [1.54, 1.807) is 49.6 Å². The van der Waals surface area contributed by atoms with Gasteiger partial charge in [0, 0.05) is 13.1 Å². The van der Waals surface area contributed by atoms with Crippen LogP contribution in [-0.2, 0) is 9.53 Å². The number of hydrogen-bond donors (Lipinski definition) is 2. The summed E-state index contributed by atoms with van der Waals surface area (Å²) in [6.07, 6.45) is 0.950. The minimum Gasteiger partial charge on any atom is -0.493 e. The van der Waals surface area contributed by atoms with Crippen molar-refractivity contribution in [3.63, 3.8) is 0 Å². The zero-order chi connectivity index (χ0) is 29.6. The molecule has 10 nitrogen and oxygen atoms in total. The summed E-state index contributed by atoms with van der Waals surface area (Å²) in [6, 6.07) is 17.8. The second kappa shape index (κ2) is 16.0. The van der Waals surface area contributed by atoms with E-state index in [4.69, 9.17) is 33.2 Å². The quantitative estimate of drug-likeness (QED) is 0.115. The number of aliphatic hydroxyl groups excluding tert-OH is 1. The molecule has 0 fully saturated rings. The monoisotopic (exact) mass is 567 g/mol. The van der Waals surface area contributed by atoms with Crippen LogP contribution in [0.4, 0.5) is 0 Å². The lowest BCUT2D eigenvalue weighted by atomic mass is 10.0. The van der Waals surface area contributed by atoms with E-state index in [9.17, 15) is 9.90 Å². The summed E-state index contributed by atoms with van der Waals surface area (Å²) in [5.74, 6) is 2.74. The molecule has 10 heteroatoms. The topological polar surface area (TPSA) is 114 Å². The zero-order valence-electron chi connectivity index (χ0n) is 24.0. The predicted molar refractivity (Wildman–Crippen MR) is 155 cm³/mol. The van der Waals surface area contributed by atoms with Crippen molar-refractivity contribution in [1.82, 2.24) is 5.32 Å². The number of ether oxygens (including phenoxy) is 7. The van der Waals surface area contributed by atoms with Gasteiger partial charge in [-0.05, 0) is 53.6 Å². The Morgan fingerprint density at radius 2 is 1.46 bits per heavy atom. The van der Waals surface area contributed by atoms with Crippen molar-refractivity contribution in [3.05, 3.63) is 71.8 Å². The highest BCUT2D eigenvalue weighted by Gasteiger charge is 2.17. The van der Waals surface area contributed by atoms with Crippen LogP contribution in [0.5, 0.6) is 34.5 Å². The molecule has 0 aliphatic carbocycles. The first-order chi connectivity index (χ1) is 19.9. The van der Waals surface area contributed by atoms with Crippen LogP contribution in [0, 0.1) is 0 Å². The summed E-state index contributed by atoms with van der Waals surface area (Å²) in [6.45, 7) is 1.38. The Labute approximate surface area is 240 Å². The maximum Gasteiger partial charge on any atom is 0.338 e. The minimum atomic E-state index is -0.730. The maximum absolute atomic E-state index is 12.6. The molecule has 0 aliphatic heterocycles. The molecule has 1 unspecified atom stereocenters. The van der Waals surface area contributed by atoms with Crippen LogP contribution in [-0.4, -0.2) is 79.0 Å². The fourth-order valence-electron chi connectivity index (χ4n) is 3.94. The van der Waals surface area contributed by atoms with Gasteiger partial charge in [0.25, 0.3) is 0 Å². The largest absolute Gasteiger partial charge is 0.493 e. The van der Waals surface area contributed by atoms with Gasteiger partial charge in [0.1, 0.15) is 25.1 Å². The number of methoxy groups -OCH3 is 5. The van der Waals surface area contributed by atoms with Gasteiger partial charge in [0.05, 0.1) is 41.1 Å². The maximum atomic E-state index is 12.6. The van der Waals surface area contributed by atoms with Gasteiger partial charge in [-0.3, -0.25) is 0 Å². The molecule has 0 aliphatic rings. The Bertz CT molecular complexity index is 1270. The van der Waals surface area contributed by atoms with E-state index < -0.39 is 12.1 Å². The fourth-order valence-corrected chi connectivity index (χ4v) is 3.94. The highest BCUT2D eigenvalue weighted by molar-refractivity contribution is 6.21. The molecular formula is C31H37NO9. The van der Waals surface area contributed by atoms with Crippen LogP contribution in [0.2, 0.25) is 0 Å². The van der Waals surface area contributed by atoms with Crippen LogP contribution >= 0.6 is 0 Å². The van der Waals surface area contributed by atoms with E-state index in [0.29, 0.717) is 70.9 Å². The average molecular weight is 568 g/mol. The first-order valence-electron chi connectivity index (χ1n) is 12.9. The number of carbonyl (C=O) groups is 1. The Morgan fingerprint density at radius 3 is 2.05 bits per heavy atom. The van der Waals surface area contributed by atoms with Gasteiger partial charge in [-0.25, -0.2) is 4.79 Å². The Kier molecular flexibility index (Phi) is 12.1. The van der Waals surface area contributed by atoms with Gasteiger partial charge < -0.3 is 43.6 Å². The van der Waals surface area contributed by atoms with Crippen molar-refractivity contribution in [1.29, 1.82) is 0 Å². The summed E-state index contributed by atoms with van der Waals surface area (Å²) in [7, 11) is 7.49. The van der Waals surface area contributed by atoms with Crippen molar-refractivity contribution >= 4 is 17.6 Å². The van der Waals surface area contributed by atoms with Crippen molar-refractivity contribution in [3.8, 4) is 34.5 Å². The Balaban J connectivity index is 1.57. The van der Waals surface area contributed by atoms with Crippen molar-refractivity contribution in [2.24, 2.45) is 0 Å². The molecule has 0 amide bonds. The van der Waals surface area contributed by atoms with Crippen LogP contribution in [0.3, 0.4) is 0 Å². The third kappa shape index (κ3) is 8.79. The van der Waals surface area contributed by atoms with Gasteiger partial charge >= 0.3 is 5.97 Å². The lowest BCUT2D eigenvalue weighted by molar-refractivity contribution is -0.133.